The van der Waals surface area contributed by atoms with E-state index in [-0.39, 0.29) is 6.54 Å². The molecular weight excluding hydrogens is 385 g/mol. The molecule has 9 heteroatoms. The number of pyridine rings is 1. The van der Waals surface area contributed by atoms with Gasteiger partial charge in [0.15, 0.2) is 0 Å². The minimum absolute atomic E-state index is 0.199. The number of alkyl halides is 1. The molecular formula is C21H28FN7O. The third-order valence-electron chi connectivity index (χ3n) is 5.84. The molecule has 1 fully saturated rings. The van der Waals surface area contributed by atoms with Crippen molar-refractivity contribution in [2.45, 2.75) is 51.9 Å². The van der Waals surface area contributed by atoms with Gasteiger partial charge in [-0.25, -0.2) is 19.3 Å². The van der Waals surface area contributed by atoms with E-state index in [2.05, 4.69) is 43.7 Å². The van der Waals surface area contributed by atoms with Gasteiger partial charge in [-0.1, -0.05) is 0 Å². The molecule has 3 aromatic rings. The number of hydrogen-bond acceptors (Lipinski definition) is 7. The predicted octanol–water partition coefficient (Wildman–Crippen LogP) is 3.81. The molecule has 160 valence electrons. The lowest BCUT2D eigenvalue weighted by molar-refractivity contribution is -0.0679. The van der Waals surface area contributed by atoms with Crippen LogP contribution in [0.15, 0.2) is 24.5 Å². The van der Waals surface area contributed by atoms with Crippen molar-refractivity contribution in [2.75, 3.05) is 30.4 Å². The first-order valence-corrected chi connectivity index (χ1v) is 10.2. The molecule has 0 aliphatic carbocycles. The number of methoxy groups -OCH3 is 1. The molecule has 30 heavy (non-hydrogen) atoms. The Morgan fingerprint density at radius 1 is 1.27 bits per heavy atom. The van der Waals surface area contributed by atoms with E-state index in [0.29, 0.717) is 36.6 Å². The standard InChI is InChI=1S/C21H28FN7O/c1-13(2)29-14(3)25-15-11-24-19(10-16(15)29)26-18-6-8-23-20(27-18)28-9-7-21(4,30-5)17(22)12-28/h6,8,10-11,13,17H,7,9,12H2,1-5H3,(H,23,24,26,27)/t17-,21+/m1/s1. The largest absolute Gasteiger partial charge is 0.375 e. The number of rotatable bonds is 5. The van der Waals surface area contributed by atoms with Gasteiger partial charge in [-0.3, -0.25) is 0 Å². The van der Waals surface area contributed by atoms with Crippen LogP contribution in [-0.2, 0) is 4.74 Å². The fourth-order valence-corrected chi connectivity index (χ4v) is 3.94. The Kier molecular flexibility index (Phi) is 5.31. The van der Waals surface area contributed by atoms with Gasteiger partial charge in [0.1, 0.15) is 29.1 Å². The Morgan fingerprint density at radius 3 is 2.77 bits per heavy atom. The molecule has 1 N–H and O–H groups in total. The lowest BCUT2D eigenvalue weighted by Crippen LogP contribution is -2.53. The third-order valence-corrected chi connectivity index (χ3v) is 5.84. The number of piperidine rings is 1. The first kappa shape index (κ1) is 20.5. The Balaban J connectivity index is 1.56. The number of fused-ring (bicyclic) bond motifs is 1. The summed E-state index contributed by atoms with van der Waals surface area (Å²) >= 11 is 0. The summed E-state index contributed by atoms with van der Waals surface area (Å²) in [5.74, 6) is 2.72. The molecule has 0 aromatic carbocycles. The highest BCUT2D eigenvalue weighted by atomic mass is 19.1. The maximum absolute atomic E-state index is 14.6. The van der Waals surface area contributed by atoms with Crippen LogP contribution in [0.25, 0.3) is 11.0 Å². The summed E-state index contributed by atoms with van der Waals surface area (Å²) in [4.78, 5) is 19.8. The summed E-state index contributed by atoms with van der Waals surface area (Å²) in [5.41, 5.74) is 1.12. The van der Waals surface area contributed by atoms with Gasteiger partial charge >= 0.3 is 0 Å². The summed E-state index contributed by atoms with van der Waals surface area (Å²) in [5, 5.41) is 3.24. The van der Waals surface area contributed by atoms with Crippen molar-refractivity contribution < 1.29 is 9.13 Å². The van der Waals surface area contributed by atoms with E-state index in [1.165, 1.54) is 0 Å². The van der Waals surface area contributed by atoms with Crippen molar-refractivity contribution in [3.05, 3.63) is 30.4 Å². The molecule has 0 saturated carbocycles. The van der Waals surface area contributed by atoms with Gasteiger partial charge in [0, 0.05) is 32.0 Å². The van der Waals surface area contributed by atoms with Crippen LogP contribution in [0.1, 0.15) is 39.1 Å². The molecule has 4 rings (SSSR count). The Bertz CT molecular complexity index is 1050. The van der Waals surface area contributed by atoms with Gasteiger partial charge in [0.05, 0.1) is 23.9 Å². The zero-order valence-electron chi connectivity index (χ0n) is 18.1. The molecule has 2 atom stereocenters. The highest BCUT2D eigenvalue weighted by Crippen LogP contribution is 2.30. The lowest BCUT2D eigenvalue weighted by Gasteiger charge is -2.41. The smallest absolute Gasteiger partial charge is 0.227 e. The number of halogens is 1. The minimum atomic E-state index is -1.11. The third kappa shape index (κ3) is 3.69. The number of hydrogen-bond donors (Lipinski definition) is 1. The molecule has 0 radical (unpaired) electrons. The Hall–Kier alpha value is -2.81. The van der Waals surface area contributed by atoms with E-state index >= 15 is 0 Å². The number of nitrogens with one attached hydrogen (secondary N) is 1. The highest BCUT2D eigenvalue weighted by molar-refractivity contribution is 5.79. The van der Waals surface area contributed by atoms with Crippen molar-refractivity contribution in [2.24, 2.45) is 0 Å². The van der Waals surface area contributed by atoms with Gasteiger partial charge in [0.25, 0.3) is 0 Å². The molecule has 4 heterocycles. The number of nitrogens with zero attached hydrogens (tertiary/aromatic N) is 6. The van der Waals surface area contributed by atoms with Crippen LogP contribution < -0.4 is 10.2 Å². The number of anilines is 3. The molecule has 1 saturated heterocycles. The molecule has 8 nitrogen and oxygen atoms in total. The van der Waals surface area contributed by atoms with E-state index < -0.39 is 11.8 Å². The maximum atomic E-state index is 14.6. The van der Waals surface area contributed by atoms with Crippen LogP contribution in [0.4, 0.5) is 22.0 Å². The molecule has 0 bridgehead atoms. The maximum Gasteiger partial charge on any atom is 0.227 e. The van der Waals surface area contributed by atoms with Crippen LogP contribution in [0.3, 0.4) is 0 Å². The van der Waals surface area contributed by atoms with E-state index in [0.717, 1.165) is 16.9 Å². The molecule has 1 aliphatic heterocycles. The lowest BCUT2D eigenvalue weighted by atomic mass is 9.91. The van der Waals surface area contributed by atoms with Crippen LogP contribution in [0, 0.1) is 6.92 Å². The summed E-state index contributed by atoms with van der Waals surface area (Å²) in [6.45, 7) is 8.89. The van der Waals surface area contributed by atoms with Gasteiger partial charge in [-0.15, -0.1) is 0 Å². The SMILES string of the molecule is CO[C@@]1(C)CCN(c2nccc(Nc3cc4c(cn3)nc(C)n4C(C)C)n2)C[C@H]1F. The average Bonchev–Trinajstić information content (AvgIpc) is 3.05. The normalized spacial score (nSPS) is 22.1. The number of ether oxygens (including phenoxy) is 1. The van der Waals surface area contributed by atoms with Crippen LogP contribution in [0.2, 0.25) is 0 Å². The van der Waals surface area contributed by atoms with Gasteiger partial charge in [0.2, 0.25) is 5.95 Å². The molecule has 3 aromatic heterocycles. The van der Waals surface area contributed by atoms with E-state index in [1.54, 1.807) is 32.5 Å². The number of aromatic nitrogens is 5. The topological polar surface area (TPSA) is 81.0 Å². The molecule has 0 unspecified atom stereocenters. The second-order valence-electron chi connectivity index (χ2n) is 8.23. The summed E-state index contributed by atoms with van der Waals surface area (Å²) in [7, 11) is 1.56. The first-order valence-electron chi connectivity index (χ1n) is 10.2. The minimum Gasteiger partial charge on any atom is -0.375 e. The predicted molar refractivity (Wildman–Crippen MR) is 115 cm³/mol. The van der Waals surface area contributed by atoms with E-state index in [4.69, 9.17) is 4.74 Å². The Morgan fingerprint density at radius 2 is 2.07 bits per heavy atom. The van der Waals surface area contributed by atoms with Crippen molar-refractivity contribution in [3.8, 4) is 0 Å². The molecule has 0 spiro atoms. The average molecular weight is 414 g/mol. The second kappa shape index (κ2) is 7.79. The zero-order chi connectivity index (χ0) is 21.5. The summed E-state index contributed by atoms with van der Waals surface area (Å²) in [6.07, 6.45) is 2.89. The van der Waals surface area contributed by atoms with Crippen molar-refractivity contribution in [3.63, 3.8) is 0 Å². The van der Waals surface area contributed by atoms with E-state index in [1.807, 2.05) is 17.9 Å². The Labute approximate surface area is 175 Å². The fourth-order valence-electron chi connectivity index (χ4n) is 3.94. The van der Waals surface area contributed by atoms with Crippen LogP contribution in [-0.4, -0.2) is 56.5 Å². The number of aryl methyl sites for hydroxylation is 1. The van der Waals surface area contributed by atoms with Gasteiger partial charge in [-0.2, -0.15) is 4.98 Å². The first-order chi connectivity index (χ1) is 14.3. The van der Waals surface area contributed by atoms with Gasteiger partial charge < -0.3 is 19.5 Å². The fraction of sp³-hybridized carbons (Fsp3) is 0.524. The summed E-state index contributed by atoms with van der Waals surface area (Å²) in [6, 6.07) is 4.04. The molecule has 0 amide bonds. The quantitative estimate of drug-likeness (QED) is 0.681. The second-order valence-corrected chi connectivity index (χ2v) is 8.23. The van der Waals surface area contributed by atoms with Crippen molar-refractivity contribution >= 4 is 28.6 Å². The van der Waals surface area contributed by atoms with E-state index in [9.17, 15) is 4.39 Å². The van der Waals surface area contributed by atoms with Crippen LogP contribution >= 0.6 is 0 Å². The molecule has 1 aliphatic rings. The zero-order valence-corrected chi connectivity index (χ0v) is 18.1. The van der Waals surface area contributed by atoms with Crippen molar-refractivity contribution in [1.29, 1.82) is 0 Å². The van der Waals surface area contributed by atoms with Crippen LogP contribution in [0.5, 0.6) is 0 Å². The highest BCUT2D eigenvalue weighted by Gasteiger charge is 2.40. The van der Waals surface area contributed by atoms with Gasteiger partial charge in [-0.05, 0) is 40.2 Å². The summed E-state index contributed by atoms with van der Waals surface area (Å²) < 4.78 is 22.2. The number of imidazole rings is 1. The van der Waals surface area contributed by atoms with Crippen molar-refractivity contribution in [1.82, 2.24) is 24.5 Å². The monoisotopic (exact) mass is 413 g/mol.